The number of halogens is 2. The Balaban J connectivity index is 2.10. The van der Waals surface area contributed by atoms with Crippen LogP contribution in [-0.2, 0) is 0 Å². The highest BCUT2D eigenvalue weighted by molar-refractivity contribution is 6.34. The van der Waals surface area contributed by atoms with Gasteiger partial charge < -0.3 is 15.7 Å². The van der Waals surface area contributed by atoms with Gasteiger partial charge in [-0.15, -0.1) is 0 Å². The lowest BCUT2D eigenvalue weighted by Gasteiger charge is -2.09. The predicted octanol–water partition coefficient (Wildman–Crippen LogP) is 4.34. The summed E-state index contributed by atoms with van der Waals surface area (Å²) in [5.74, 6) is -1.10. The third-order valence-corrected chi connectivity index (χ3v) is 3.15. The molecule has 0 radical (unpaired) electrons. The molecule has 2 amide bonds. The number of hydrogen-bond acceptors (Lipinski definition) is 2. The minimum Gasteiger partial charge on any atom is -0.478 e. The molecule has 2 rings (SSSR count). The molecule has 108 valence electrons. The standard InChI is InChI=1S/C14H10Cl2N2O3/c15-9-2-4-10(5-3-9)17-14(21)18-12-7-8(13(19)20)1-6-11(12)16/h1-7H,(H,19,20)(H2,17,18,21). The van der Waals surface area contributed by atoms with Crippen LogP contribution < -0.4 is 10.6 Å². The van der Waals surface area contributed by atoms with E-state index in [2.05, 4.69) is 10.6 Å². The fourth-order valence-corrected chi connectivity index (χ4v) is 1.86. The van der Waals surface area contributed by atoms with Gasteiger partial charge in [-0.3, -0.25) is 0 Å². The first kappa shape index (κ1) is 15.2. The number of aromatic carboxylic acids is 1. The molecule has 0 heterocycles. The number of benzene rings is 2. The fraction of sp³-hybridized carbons (Fsp3) is 0. The van der Waals surface area contributed by atoms with Gasteiger partial charge in [0.2, 0.25) is 0 Å². The van der Waals surface area contributed by atoms with Gasteiger partial charge in [0.05, 0.1) is 16.3 Å². The molecule has 2 aromatic carbocycles. The number of carboxylic acid groups (broad SMARTS) is 1. The molecule has 0 fully saturated rings. The van der Waals surface area contributed by atoms with Crippen LogP contribution in [-0.4, -0.2) is 17.1 Å². The van der Waals surface area contributed by atoms with E-state index in [1.807, 2.05) is 0 Å². The lowest BCUT2D eigenvalue weighted by molar-refractivity contribution is 0.0697. The highest BCUT2D eigenvalue weighted by Gasteiger charge is 2.10. The van der Waals surface area contributed by atoms with Crippen LogP contribution in [0.1, 0.15) is 10.4 Å². The van der Waals surface area contributed by atoms with Crippen molar-refractivity contribution in [2.75, 3.05) is 10.6 Å². The number of anilines is 2. The van der Waals surface area contributed by atoms with E-state index in [0.717, 1.165) is 0 Å². The third-order valence-electron chi connectivity index (χ3n) is 2.56. The Labute approximate surface area is 130 Å². The van der Waals surface area contributed by atoms with Crippen LogP contribution in [0.3, 0.4) is 0 Å². The zero-order valence-corrected chi connectivity index (χ0v) is 12.1. The second kappa shape index (κ2) is 6.47. The van der Waals surface area contributed by atoms with Crippen molar-refractivity contribution in [3.8, 4) is 0 Å². The summed E-state index contributed by atoms with van der Waals surface area (Å²) in [6, 6.07) is 10.0. The van der Waals surface area contributed by atoms with Gasteiger partial charge >= 0.3 is 12.0 Å². The first-order chi connectivity index (χ1) is 9.95. The molecule has 0 aliphatic carbocycles. The minimum absolute atomic E-state index is 0.0289. The Morgan fingerprint density at radius 2 is 1.62 bits per heavy atom. The zero-order chi connectivity index (χ0) is 15.4. The van der Waals surface area contributed by atoms with Crippen LogP contribution in [0.5, 0.6) is 0 Å². The molecule has 21 heavy (non-hydrogen) atoms. The number of rotatable bonds is 3. The molecule has 0 saturated carbocycles. The van der Waals surface area contributed by atoms with Gasteiger partial charge in [0, 0.05) is 10.7 Å². The van der Waals surface area contributed by atoms with Gasteiger partial charge in [0.1, 0.15) is 0 Å². The van der Waals surface area contributed by atoms with E-state index in [1.54, 1.807) is 24.3 Å². The van der Waals surface area contributed by atoms with Crippen molar-refractivity contribution in [1.29, 1.82) is 0 Å². The molecule has 0 atom stereocenters. The number of hydrogen-bond donors (Lipinski definition) is 3. The quantitative estimate of drug-likeness (QED) is 0.785. The maximum absolute atomic E-state index is 11.8. The van der Waals surface area contributed by atoms with Crippen molar-refractivity contribution in [2.45, 2.75) is 0 Å². The van der Waals surface area contributed by atoms with Crippen molar-refractivity contribution in [3.05, 3.63) is 58.1 Å². The molecule has 0 saturated heterocycles. The second-order valence-corrected chi connectivity index (χ2v) is 4.93. The van der Waals surface area contributed by atoms with Crippen molar-refractivity contribution in [3.63, 3.8) is 0 Å². The molecule has 0 unspecified atom stereocenters. The SMILES string of the molecule is O=C(Nc1ccc(Cl)cc1)Nc1cc(C(=O)O)ccc1Cl. The van der Waals surface area contributed by atoms with E-state index >= 15 is 0 Å². The number of carboxylic acids is 1. The lowest BCUT2D eigenvalue weighted by atomic mass is 10.2. The Morgan fingerprint density at radius 1 is 0.952 bits per heavy atom. The van der Waals surface area contributed by atoms with E-state index in [0.29, 0.717) is 10.7 Å². The summed E-state index contributed by atoms with van der Waals surface area (Å²) in [4.78, 5) is 22.7. The smallest absolute Gasteiger partial charge is 0.335 e. The first-order valence-electron chi connectivity index (χ1n) is 5.82. The highest BCUT2D eigenvalue weighted by Crippen LogP contribution is 2.23. The van der Waals surface area contributed by atoms with E-state index in [-0.39, 0.29) is 16.3 Å². The van der Waals surface area contributed by atoms with Crippen LogP contribution in [0.4, 0.5) is 16.2 Å². The molecule has 0 aromatic heterocycles. The van der Waals surface area contributed by atoms with Gasteiger partial charge in [0.15, 0.2) is 0 Å². The monoisotopic (exact) mass is 324 g/mol. The number of urea groups is 1. The summed E-state index contributed by atoms with van der Waals surface area (Å²) < 4.78 is 0. The summed E-state index contributed by atoms with van der Waals surface area (Å²) in [5, 5.41) is 14.8. The lowest BCUT2D eigenvalue weighted by Crippen LogP contribution is -2.19. The largest absolute Gasteiger partial charge is 0.478 e. The van der Waals surface area contributed by atoms with Crippen LogP contribution in [0.15, 0.2) is 42.5 Å². The number of carbonyl (C=O) groups excluding carboxylic acids is 1. The Hall–Kier alpha value is -2.24. The third kappa shape index (κ3) is 4.11. The second-order valence-electron chi connectivity index (χ2n) is 4.09. The van der Waals surface area contributed by atoms with E-state index in [4.69, 9.17) is 28.3 Å². The maximum atomic E-state index is 11.8. The predicted molar refractivity (Wildman–Crippen MR) is 82.5 cm³/mol. The molecular weight excluding hydrogens is 315 g/mol. The van der Waals surface area contributed by atoms with Gasteiger partial charge in [-0.25, -0.2) is 9.59 Å². The summed E-state index contributed by atoms with van der Waals surface area (Å²) in [7, 11) is 0. The molecule has 0 aliphatic heterocycles. The van der Waals surface area contributed by atoms with Crippen molar-refractivity contribution in [2.24, 2.45) is 0 Å². The normalized spacial score (nSPS) is 10.0. The van der Waals surface area contributed by atoms with Crippen molar-refractivity contribution < 1.29 is 14.7 Å². The maximum Gasteiger partial charge on any atom is 0.335 e. The van der Waals surface area contributed by atoms with E-state index in [1.165, 1.54) is 18.2 Å². The number of nitrogens with one attached hydrogen (secondary N) is 2. The molecule has 5 nitrogen and oxygen atoms in total. The Bertz CT molecular complexity index is 687. The van der Waals surface area contributed by atoms with Crippen LogP contribution >= 0.6 is 23.2 Å². The topological polar surface area (TPSA) is 78.4 Å². The van der Waals surface area contributed by atoms with E-state index in [9.17, 15) is 9.59 Å². The van der Waals surface area contributed by atoms with Gasteiger partial charge in [-0.2, -0.15) is 0 Å². The minimum atomic E-state index is -1.10. The molecule has 3 N–H and O–H groups in total. The molecule has 2 aromatic rings. The Kier molecular flexibility index (Phi) is 4.67. The molecule has 0 bridgehead atoms. The number of amides is 2. The van der Waals surface area contributed by atoms with Crippen LogP contribution in [0.2, 0.25) is 10.0 Å². The fourth-order valence-electron chi connectivity index (χ4n) is 1.57. The number of carbonyl (C=O) groups is 2. The summed E-state index contributed by atoms with van der Waals surface area (Å²) in [6.45, 7) is 0. The van der Waals surface area contributed by atoms with Crippen molar-refractivity contribution >= 4 is 46.6 Å². The Morgan fingerprint density at radius 3 is 2.24 bits per heavy atom. The van der Waals surface area contributed by atoms with Gasteiger partial charge in [0.25, 0.3) is 0 Å². The molecule has 7 heteroatoms. The molecular formula is C14H10Cl2N2O3. The average molecular weight is 325 g/mol. The van der Waals surface area contributed by atoms with Crippen LogP contribution in [0, 0.1) is 0 Å². The van der Waals surface area contributed by atoms with Gasteiger partial charge in [-0.05, 0) is 42.5 Å². The van der Waals surface area contributed by atoms with Gasteiger partial charge in [-0.1, -0.05) is 23.2 Å². The summed E-state index contributed by atoms with van der Waals surface area (Å²) >= 11 is 11.7. The summed E-state index contributed by atoms with van der Waals surface area (Å²) in [6.07, 6.45) is 0. The molecule has 0 aliphatic rings. The molecule has 0 spiro atoms. The zero-order valence-electron chi connectivity index (χ0n) is 10.6. The average Bonchev–Trinajstić information content (AvgIpc) is 2.43. The first-order valence-corrected chi connectivity index (χ1v) is 6.58. The summed E-state index contributed by atoms with van der Waals surface area (Å²) in [5.41, 5.74) is 0.784. The van der Waals surface area contributed by atoms with E-state index < -0.39 is 12.0 Å². The highest BCUT2D eigenvalue weighted by atomic mass is 35.5. The van der Waals surface area contributed by atoms with Crippen LogP contribution in [0.25, 0.3) is 0 Å². The van der Waals surface area contributed by atoms with Crippen molar-refractivity contribution in [1.82, 2.24) is 0 Å².